The zero-order valence-corrected chi connectivity index (χ0v) is 16.1. The summed E-state index contributed by atoms with van der Waals surface area (Å²) in [4.78, 5) is 12.1. The summed E-state index contributed by atoms with van der Waals surface area (Å²) in [5.41, 5.74) is 5.79. The first kappa shape index (κ1) is 16.3. The van der Waals surface area contributed by atoms with E-state index < -0.39 is 0 Å². The minimum Gasteiger partial charge on any atom is -0.328 e. The van der Waals surface area contributed by atoms with Gasteiger partial charge in [0.2, 0.25) is 0 Å². The van der Waals surface area contributed by atoms with E-state index in [1.807, 2.05) is 12.4 Å². The Hall–Kier alpha value is -2.66. The summed E-state index contributed by atoms with van der Waals surface area (Å²) in [5.74, 6) is 1.25. The van der Waals surface area contributed by atoms with Crippen molar-refractivity contribution < 1.29 is 0 Å². The van der Waals surface area contributed by atoms with Crippen LogP contribution in [0.15, 0.2) is 48.9 Å². The molecule has 142 valence electrons. The van der Waals surface area contributed by atoms with Crippen LogP contribution in [0.25, 0.3) is 27.8 Å². The molecule has 0 unspecified atom stereocenters. The number of benzene rings is 1. The Kier molecular flexibility index (Phi) is 3.76. The highest BCUT2D eigenvalue weighted by Gasteiger charge is 2.26. The smallest absolute Gasteiger partial charge is 0.136 e. The van der Waals surface area contributed by atoms with Gasteiger partial charge in [-0.15, -0.1) is 0 Å². The molecule has 1 aliphatic carbocycles. The van der Waals surface area contributed by atoms with Crippen molar-refractivity contribution in [1.29, 1.82) is 0 Å². The lowest BCUT2D eigenvalue weighted by Crippen LogP contribution is -2.43. The molecule has 6 rings (SSSR count). The van der Waals surface area contributed by atoms with Crippen molar-refractivity contribution >= 4 is 16.7 Å². The monoisotopic (exact) mass is 371 g/mol. The summed E-state index contributed by atoms with van der Waals surface area (Å²) in [6.07, 6.45) is 12.4. The molecule has 0 radical (unpaired) electrons. The lowest BCUT2D eigenvalue weighted by atomic mass is 9.91. The topological polar surface area (TPSA) is 38.4 Å². The van der Waals surface area contributed by atoms with E-state index in [0.717, 1.165) is 36.7 Å². The predicted octanol–water partition coefficient (Wildman–Crippen LogP) is 4.15. The highest BCUT2D eigenvalue weighted by Crippen LogP contribution is 2.29. The van der Waals surface area contributed by atoms with Crippen LogP contribution in [-0.2, 0) is 13.0 Å². The molecule has 4 aromatic rings. The van der Waals surface area contributed by atoms with Crippen LogP contribution in [-0.4, -0.2) is 43.0 Å². The third-order valence-corrected chi connectivity index (χ3v) is 6.59. The Morgan fingerprint density at radius 1 is 0.929 bits per heavy atom. The number of aryl methyl sites for hydroxylation is 1. The molecule has 0 spiro atoms. The van der Waals surface area contributed by atoms with Crippen LogP contribution >= 0.6 is 0 Å². The molecular formula is C23H25N5. The van der Waals surface area contributed by atoms with Crippen LogP contribution in [0.4, 0.5) is 0 Å². The first-order valence-electron chi connectivity index (χ1n) is 10.5. The Labute approximate surface area is 164 Å². The van der Waals surface area contributed by atoms with Crippen molar-refractivity contribution in [2.45, 2.75) is 44.7 Å². The Bertz CT molecular complexity index is 1150. The fourth-order valence-corrected chi connectivity index (χ4v) is 4.79. The maximum absolute atomic E-state index is 5.05. The molecule has 0 amide bonds. The van der Waals surface area contributed by atoms with Gasteiger partial charge in [-0.1, -0.05) is 12.5 Å². The predicted molar refractivity (Wildman–Crippen MR) is 111 cm³/mol. The fourth-order valence-electron chi connectivity index (χ4n) is 4.79. The van der Waals surface area contributed by atoms with Gasteiger partial charge in [-0.05, 0) is 54.7 Å². The van der Waals surface area contributed by atoms with Gasteiger partial charge >= 0.3 is 0 Å². The van der Waals surface area contributed by atoms with Crippen LogP contribution < -0.4 is 0 Å². The van der Waals surface area contributed by atoms with Gasteiger partial charge in [-0.25, -0.2) is 9.97 Å². The lowest BCUT2D eigenvalue weighted by molar-refractivity contribution is 0.120. The molecule has 4 heterocycles. The lowest BCUT2D eigenvalue weighted by Gasteiger charge is -2.38. The molecule has 3 aromatic heterocycles. The van der Waals surface area contributed by atoms with Crippen LogP contribution in [0, 0.1) is 0 Å². The molecule has 28 heavy (non-hydrogen) atoms. The molecule has 2 aliphatic rings. The second-order valence-electron chi connectivity index (χ2n) is 8.22. The molecule has 1 aliphatic heterocycles. The second-order valence-corrected chi connectivity index (χ2v) is 8.22. The SMILES string of the molecule is c1cn2cc(-c3ccc4c(c3)nc3n4CCCN(C4CCC4)CC3)ccc2n1. The molecule has 0 atom stereocenters. The van der Waals surface area contributed by atoms with Crippen LogP contribution in [0.5, 0.6) is 0 Å². The summed E-state index contributed by atoms with van der Waals surface area (Å²) >= 11 is 0. The largest absolute Gasteiger partial charge is 0.328 e. The van der Waals surface area contributed by atoms with E-state index in [0.29, 0.717) is 0 Å². The van der Waals surface area contributed by atoms with E-state index in [9.17, 15) is 0 Å². The second kappa shape index (κ2) is 6.45. The van der Waals surface area contributed by atoms with E-state index in [1.165, 1.54) is 54.7 Å². The van der Waals surface area contributed by atoms with E-state index in [2.05, 4.69) is 55.4 Å². The summed E-state index contributed by atoms with van der Waals surface area (Å²) in [6.45, 7) is 3.46. The number of imidazole rings is 2. The van der Waals surface area contributed by atoms with Crippen LogP contribution in [0.3, 0.4) is 0 Å². The average Bonchev–Trinajstić information content (AvgIpc) is 3.25. The Balaban J connectivity index is 1.35. The van der Waals surface area contributed by atoms with Crippen LogP contribution in [0.2, 0.25) is 0 Å². The van der Waals surface area contributed by atoms with Crippen molar-refractivity contribution in [3.05, 3.63) is 54.7 Å². The Morgan fingerprint density at radius 2 is 1.86 bits per heavy atom. The molecule has 5 nitrogen and oxygen atoms in total. The van der Waals surface area contributed by atoms with Gasteiger partial charge in [0.25, 0.3) is 0 Å². The zero-order valence-electron chi connectivity index (χ0n) is 16.1. The van der Waals surface area contributed by atoms with Gasteiger partial charge in [0.15, 0.2) is 0 Å². The number of aromatic nitrogens is 4. The summed E-state index contributed by atoms with van der Waals surface area (Å²) < 4.78 is 4.53. The highest BCUT2D eigenvalue weighted by molar-refractivity contribution is 5.82. The number of nitrogens with zero attached hydrogens (tertiary/aromatic N) is 5. The molecule has 1 saturated carbocycles. The third kappa shape index (κ3) is 2.65. The minimum atomic E-state index is 0.834. The van der Waals surface area contributed by atoms with Crippen molar-refractivity contribution in [2.75, 3.05) is 13.1 Å². The minimum absolute atomic E-state index is 0.834. The molecular weight excluding hydrogens is 346 g/mol. The van der Waals surface area contributed by atoms with Gasteiger partial charge < -0.3 is 8.97 Å². The normalized spacial score (nSPS) is 18.7. The molecule has 1 aromatic carbocycles. The molecule has 1 fully saturated rings. The van der Waals surface area contributed by atoms with E-state index in [4.69, 9.17) is 4.98 Å². The zero-order chi connectivity index (χ0) is 18.5. The van der Waals surface area contributed by atoms with Crippen molar-refractivity contribution in [2.24, 2.45) is 0 Å². The van der Waals surface area contributed by atoms with Crippen molar-refractivity contribution in [3.63, 3.8) is 0 Å². The van der Waals surface area contributed by atoms with E-state index >= 15 is 0 Å². The quantitative estimate of drug-likeness (QED) is 0.531. The summed E-state index contributed by atoms with van der Waals surface area (Å²) in [6, 6.07) is 11.8. The van der Waals surface area contributed by atoms with E-state index in [-0.39, 0.29) is 0 Å². The summed E-state index contributed by atoms with van der Waals surface area (Å²) in [7, 11) is 0. The average molecular weight is 371 g/mol. The first-order valence-corrected chi connectivity index (χ1v) is 10.5. The fraction of sp³-hybridized carbons (Fsp3) is 0.391. The molecule has 5 heteroatoms. The number of hydrogen-bond acceptors (Lipinski definition) is 3. The Morgan fingerprint density at radius 3 is 2.75 bits per heavy atom. The van der Waals surface area contributed by atoms with Gasteiger partial charge in [0.05, 0.1) is 11.0 Å². The van der Waals surface area contributed by atoms with Gasteiger partial charge in [0.1, 0.15) is 11.5 Å². The number of hydrogen-bond donors (Lipinski definition) is 0. The maximum atomic E-state index is 5.05. The molecule has 0 bridgehead atoms. The van der Waals surface area contributed by atoms with Gasteiger partial charge in [0, 0.05) is 50.7 Å². The van der Waals surface area contributed by atoms with Crippen LogP contribution in [0.1, 0.15) is 31.5 Å². The number of pyridine rings is 1. The van der Waals surface area contributed by atoms with Gasteiger partial charge in [-0.3, -0.25) is 4.90 Å². The summed E-state index contributed by atoms with van der Waals surface area (Å²) in [5, 5.41) is 0. The van der Waals surface area contributed by atoms with E-state index in [1.54, 1.807) is 0 Å². The number of fused-ring (bicyclic) bond motifs is 4. The third-order valence-electron chi connectivity index (χ3n) is 6.59. The van der Waals surface area contributed by atoms with Crippen molar-refractivity contribution in [3.8, 4) is 11.1 Å². The highest BCUT2D eigenvalue weighted by atomic mass is 15.2. The standard InChI is InChI=1S/C23H25N5/c1-3-19(4-1)26-11-2-12-28-21-7-5-17(15-20(21)25-23(28)9-13-26)18-6-8-22-24-10-14-27(22)16-18/h5-8,10,14-16,19H,1-4,9,11-13H2. The first-order chi connectivity index (χ1) is 13.8. The maximum Gasteiger partial charge on any atom is 0.136 e. The van der Waals surface area contributed by atoms with Crippen molar-refractivity contribution in [1.82, 2.24) is 23.8 Å². The molecule has 0 saturated heterocycles. The number of rotatable bonds is 2. The molecule has 0 N–H and O–H groups in total. The van der Waals surface area contributed by atoms with Gasteiger partial charge in [-0.2, -0.15) is 0 Å².